The smallest absolute Gasteiger partial charge is 0.323 e. The van der Waals surface area contributed by atoms with Crippen LogP contribution in [0.2, 0.25) is 0 Å². The van der Waals surface area contributed by atoms with E-state index in [4.69, 9.17) is 5.53 Å². The Morgan fingerprint density at radius 1 is 1.64 bits per heavy atom. The predicted octanol–water partition coefficient (Wildman–Crippen LogP) is 0.834. The standard InChI is InChI=1S/C10H17N3O/c1-8(2)5-13-6-9(7-13)3-10(14)4-12-11/h4,8-9H,3,5-7H2,1-2H3. The number of ketones is 1. The summed E-state index contributed by atoms with van der Waals surface area (Å²) in [6.07, 6.45) is 1.50. The molecule has 0 saturated carbocycles. The molecule has 0 aromatic heterocycles. The van der Waals surface area contributed by atoms with Crippen LogP contribution in [-0.4, -0.2) is 41.3 Å². The second-order valence-electron chi connectivity index (χ2n) is 4.39. The van der Waals surface area contributed by atoms with Crippen LogP contribution >= 0.6 is 0 Å². The molecule has 14 heavy (non-hydrogen) atoms. The van der Waals surface area contributed by atoms with Gasteiger partial charge < -0.3 is 10.4 Å². The first-order chi connectivity index (χ1) is 6.61. The van der Waals surface area contributed by atoms with Gasteiger partial charge >= 0.3 is 6.21 Å². The fourth-order valence-electron chi connectivity index (χ4n) is 1.87. The second kappa shape index (κ2) is 5.03. The molecule has 4 nitrogen and oxygen atoms in total. The highest BCUT2D eigenvalue weighted by Gasteiger charge is 2.28. The van der Waals surface area contributed by atoms with Crippen LogP contribution in [0.5, 0.6) is 0 Å². The van der Waals surface area contributed by atoms with E-state index < -0.39 is 0 Å². The molecule has 0 radical (unpaired) electrons. The Bertz CT molecular complexity index is 250. The Hall–Kier alpha value is -0.990. The molecule has 1 saturated heterocycles. The van der Waals surface area contributed by atoms with E-state index in [2.05, 4.69) is 23.5 Å². The summed E-state index contributed by atoms with van der Waals surface area (Å²) in [6, 6.07) is 0. The Morgan fingerprint density at radius 2 is 2.29 bits per heavy atom. The zero-order valence-electron chi connectivity index (χ0n) is 8.81. The molecule has 1 heterocycles. The van der Waals surface area contributed by atoms with Crippen molar-refractivity contribution in [3.63, 3.8) is 0 Å². The number of hydrogen-bond donors (Lipinski definition) is 0. The van der Waals surface area contributed by atoms with Crippen molar-refractivity contribution in [1.82, 2.24) is 4.90 Å². The normalized spacial score (nSPS) is 17.6. The molecule has 1 aliphatic rings. The van der Waals surface area contributed by atoms with Gasteiger partial charge in [-0.3, -0.25) is 4.79 Å². The Balaban J connectivity index is 2.15. The van der Waals surface area contributed by atoms with Crippen LogP contribution in [0.15, 0.2) is 0 Å². The average molecular weight is 195 g/mol. The fraction of sp³-hybridized carbons (Fsp3) is 0.800. The lowest BCUT2D eigenvalue weighted by atomic mass is 9.93. The van der Waals surface area contributed by atoms with E-state index in [-0.39, 0.29) is 5.78 Å². The van der Waals surface area contributed by atoms with E-state index in [0.717, 1.165) is 25.8 Å². The third-order valence-corrected chi connectivity index (χ3v) is 2.35. The highest BCUT2D eigenvalue weighted by atomic mass is 16.1. The van der Waals surface area contributed by atoms with Gasteiger partial charge in [0.2, 0.25) is 5.78 Å². The zero-order valence-corrected chi connectivity index (χ0v) is 8.81. The van der Waals surface area contributed by atoms with Crippen molar-refractivity contribution in [3.8, 4) is 0 Å². The maximum Gasteiger partial charge on any atom is 0.323 e. The van der Waals surface area contributed by atoms with E-state index in [1.165, 1.54) is 0 Å². The predicted molar refractivity (Wildman–Crippen MR) is 54.1 cm³/mol. The number of nitrogens with zero attached hydrogens (tertiary/aromatic N) is 3. The van der Waals surface area contributed by atoms with Crippen molar-refractivity contribution in [2.45, 2.75) is 20.3 Å². The van der Waals surface area contributed by atoms with E-state index >= 15 is 0 Å². The van der Waals surface area contributed by atoms with Crippen molar-refractivity contribution < 1.29 is 9.58 Å². The zero-order chi connectivity index (χ0) is 10.6. The molecule has 0 bridgehead atoms. The summed E-state index contributed by atoms with van der Waals surface area (Å²) >= 11 is 0. The third kappa shape index (κ3) is 3.40. The molecule has 4 heteroatoms. The van der Waals surface area contributed by atoms with Gasteiger partial charge in [-0.05, 0) is 11.8 Å². The molecule has 78 valence electrons. The van der Waals surface area contributed by atoms with E-state index in [1.807, 2.05) is 0 Å². The van der Waals surface area contributed by atoms with Crippen LogP contribution in [0.25, 0.3) is 5.53 Å². The van der Waals surface area contributed by atoms with Gasteiger partial charge in [-0.2, -0.15) is 4.79 Å². The van der Waals surface area contributed by atoms with Gasteiger partial charge in [0.25, 0.3) is 0 Å². The van der Waals surface area contributed by atoms with E-state index in [1.54, 1.807) is 0 Å². The number of rotatable bonds is 5. The Labute approximate surface area is 84.5 Å². The maximum absolute atomic E-state index is 11.0. The molecule has 1 fully saturated rings. The van der Waals surface area contributed by atoms with Gasteiger partial charge in [0.05, 0.1) is 0 Å². The lowest BCUT2D eigenvalue weighted by Gasteiger charge is -2.39. The summed E-state index contributed by atoms with van der Waals surface area (Å²) in [7, 11) is 0. The number of carbonyl (C=O) groups excluding carboxylic acids is 1. The first-order valence-corrected chi connectivity index (χ1v) is 5.04. The summed E-state index contributed by atoms with van der Waals surface area (Å²) in [5, 5.41) is 0. The van der Waals surface area contributed by atoms with Gasteiger partial charge in [-0.1, -0.05) is 13.8 Å². The van der Waals surface area contributed by atoms with E-state index in [0.29, 0.717) is 18.3 Å². The molecular weight excluding hydrogens is 178 g/mol. The quantitative estimate of drug-likeness (QED) is 0.371. The molecular formula is C10H17N3O. The monoisotopic (exact) mass is 195 g/mol. The maximum atomic E-state index is 11.0. The molecule has 0 aromatic rings. The Kier molecular flexibility index (Phi) is 3.98. The van der Waals surface area contributed by atoms with Crippen molar-refractivity contribution in [3.05, 3.63) is 5.53 Å². The average Bonchev–Trinajstić information content (AvgIpc) is 2.00. The number of carbonyl (C=O) groups is 1. The minimum absolute atomic E-state index is 0.0818. The highest BCUT2D eigenvalue weighted by Crippen LogP contribution is 2.19. The topological polar surface area (TPSA) is 56.7 Å². The molecule has 0 N–H and O–H groups in total. The first kappa shape index (κ1) is 11.1. The van der Waals surface area contributed by atoms with Crippen molar-refractivity contribution in [2.24, 2.45) is 11.8 Å². The molecule has 1 aliphatic heterocycles. The van der Waals surface area contributed by atoms with Gasteiger partial charge in [0.1, 0.15) is 0 Å². The van der Waals surface area contributed by atoms with Crippen molar-refractivity contribution in [2.75, 3.05) is 19.6 Å². The largest absolute Gasteiger partial charge is 0.361 e. The second-order valence-corrected chi connectivity index (χ2v) is 4.39. The fourth-order valence-corrected chi connectivity index (χ4v) is 1.87. The summed E-state index contributed by atoms with van der Waals surface area (Å²) < 4.78 is 0. The van der Waals surface area contributed by atoms with Crippen LogP contribution in [0.3, 0.4) is 0 Å². The van der Waals surface area contributed by atoms with E-state index in [9.17, 15) is 4.79 Å². The van der Waals surface area contributed by atoms with Crippen molar-refractivity contribution in [1.29, 1.82) is 0 Å². The van der Waals surface area contributed by atoms with Crippen LogP contribution in [0, 0.1) is 11.8 Å². The van der Waals surface area contributed by atoms with Gasteiger partial charge in [-0.25, -0.2) is 0 Å². The van der Waals surface area contributed by atoms with Gasteiger partial charge in [0.15, 0.2) is 0 Å². The molecule has 0 unspecified atom stereocenters. The van der Waals surface area contributed by atoms with Crippen LogP contribution in [0.4, 0.5) is 0 Å². The van der Waals surface area contributed by atoms with Crippen LogP contribution < -0.4 is 0 Å². The lowest BCUT2D eigenvalue weighted by Crippen LogP contribution is -2.48. The van der Waals surface area contributed by atoms with Gasteiger partial charge in [-0.15, -0.1) is 0 Å². The molecule has 0 atom stereocenters. The summed E-state index contributed by atoms with van der Waals surface area (Å²) in [5.74, 6) is 1.06. The SMILES string of the molecule is CC(C)CN1CC(CC(=O)C=[N+]=[N-])C1. The minimum atomic E-state index is -0.0818. The highest BCUT2D eigenvalue weighted by molar-refractivity contribution is 6.25. The number of hydrogen-bond acceptors (Lipinski definition) is 2. The molecule has 0 aromatic carbocycles. The third-order valence-electron chi connectivity index (χ3n) is 2.35. The number of Topliss-reactive ketones (excluding diaryl/α,β-unsaturated/α-hetero) is 1. The summed E-state index contributed by atoms with van der Waals surface area (Å²) in [6.45, 7) is 7.50. The Morgan fingerprint density at radius 3 is 2.79 bits per heavy atom. The molecule has 0 aliphatic carbocycles. The lowest BCUT2D eigenvalue weighted by molar-refractivity contribution is -0.118. The first-order valence-electron chi connectivity index (χ1n) is 5.04. The molecule has 1 rings (SSSR count). The van der Waals surface area contributed by atoms with Crippen LogP contribution in [-0.2, 0) is 4.79 Å². The molecule has 0 amide bonds. The summed E-state index contributed by atoms with van der Waals surface area (Å²) in [5.41, 5.74) is 8.15. The summed E-state index contributed by atoms with van der Waals surface area (Å²) in [4.78, 5) is 16.1. The molecule has 0 spiro atoms. The minimum Gasteiger partial charge on any atom is -0.361 e. The van der Waals surface area contributed by atoms with Crippen molar-refractivity contribution >= 4 is 12.0 Å². The van der Waals surface area contributed by atoms with Gasteiger partial charge in [0, 0.05) is 26.1 Å². The number of likely N-dealkylation sites (tertiary alicyclic amines) is 1. The van der Waals surface area contributed by atoms with Crippen LogP contribution in [0.1, 0.15) is 20.3 Å².